The molecule has 2 unspecified atom stereocenters. The number of hydrogen-bond donors (Lipinski definition) is 3. The summed E-state index contributed by atoms with van der Waals surface area (Å²) in [5.74, 6) is 0. The molecule has 4 nitrogen and oxygen atoms in total. The average molecular weight is 257 g/mol. The molecule has 0 heterocycles. The molecule has 0 bridgehead atoms. The molecule has 0 rings (SSSR count). The second kappa shape index (κ2) is 8.90. The van der Waals surface area contributed by atoms with E-state index in [4.69, 9.17) is 20.1 Å². The smallest absolute Gasteiger partial charge is 0.105 e. The van der Waals surface area contributed by atoms with Gasteiger partial charge < -0.3 is 20.1 Å². The number of unbranched alkanes of at least 4 members (excludes halogenated alkanes) is 1. The van der Waals surface area contributed by atoms with E-state index in [0.717, 1.165) is 18.2 Å². The van der Waals surface area contributed by atoms with Gasteiger partial charge >= 0.3 is 0 Å². The SMILES string of the molecule is OCC(O)C(O)COCCCCBr. The lowest BCUT2D eigenvalue weighted by Crippen LogP contribution is -2.33. The van der Waals surface area contributed by atoms with Gasteiger partial charge in [-0.2, -0.15) is 0 Å². The van der Waals surface area contributed by atoms with Gasteiger partial charge in [0.05, 0.1) is 13.2 Å². The molecule has 0 saturated carbocycles. The third-order valence-corrected chi connectivity index (χ3v) is 2.15. The third kappa shape index (κ3) is 7.40. The van der Waals surface area contributed by atoms with Crippen molar-refractivity contribution in [2.24, 2.45) is 0 Å². The molecule has 0 amide bonds. The van der Waals surface area contributed by atoms with E-state index < -0.39 is 18.8 Å². The van der Waals surface area contributed by atoms with Crippen LogP contribution in [0.5, 0.6) is 0 Å². The molecule has 0 aromatic carbocycles. The molecule has 0 aliphatic rings. The Bertz CT molecular complexity index is 112. The Morgan fingerprint density at radius 2 is 1.85 bits per heavy atom. The van der Waals surface area contributed by atoms with E-state index in [1.807, 2.05) is 0 Å². The maximum Gasteiger partial charge on any atom is 0.105 e. The van der Waals surface area contributed by atoms with Crippen molar-refractivity contribution in [3.05, 3.63) is 0 Å². The van der Waals surface area contributed by atoms with Crippen LogP contribution in [0.1, 0.15) is 12.8 Å². The molecule has 0 radical (unpaired) electrons. The number of halogens is 1. The summed E-state index contributed by atoms with van der Waals surface area (Å²) in [6, 6.07) is 0. The van der Waals surface area contributed by atoms with E-state index in [1.54, 1.807) is 0 Å². The summed E-state index contributed by atoms with van der Waals surface area (Å²) in [6.45, 7) is 0.205. The average Bonchev–Trinajstić information content (AvgIpc) is 2.16. The van der Waals surface area contributed by atoms with Gasteiger partial charge in [0, 0.05) is 11.9 Å². The van der Waals surface area contributed by atoms with Gasteiger partial charge in [0.1, 0.15) is 12.2 Å². The molecule has 0 aliphatic carbocycles. The van der Waals surface area contributed by atoms with Gasteiger partial charge in [0.2, 0.25) is 0 Å². The number of alkyl halides is 1. The standard InChI is InChI=1S/C8H17BrO4/c9-3-1-2-4-13-6-8(12)7(11)5-10/h7-8,10-12H,1-6H2. The highest BCUT2D eigenvalue weighted by atomic mass is 79.9. The van der Waals surface area contributed by atoms with Crippen LogP contribution < -0.4 is 0 Å². The maximum atomic E-state index is 9.13. The Labute approximate surface area is 86.7 Å². The highest BCUT2D eigenvalue weighted by molar-refractivity contribution is 9.09. The van der Waals surface area contributed by atoms with Gasteiger partial charge in [-0.3, -0.25) is 0 Å². The van der Waals surface area contributed by atoms with Crippen molar-refractivity contribution in [2.45, 2.75) is 25.0 Å². The predicted octanol–water partition coefficient (Wildman–Crippen LogP) is -0.108. The van der Waals surface area contributed by atoms with Gasteiger partial charge in [0.15, 0.2) is 0 Å². The molecular formula is C8H17BrO4. The topological polar surface area (TPSA) is 69.9 Å². The summed E-state index contributed by atoms with van der Waals surface area (Å²) in [5, 5.41) is 27.5. The maximum absolute atomic E-state index is 9.13. The molecule has 80 valence electrons. The van der Waals surface area contributed by atoms with Crippen molar-refractivity contribution in [3.8, 4) is 0 Å². The number of hydrogen-bond acceptors (Lipinski definition) is 4. The van der Waals surface area contributed by atoms with Crippen LogP contribution in [-0.2, 0) is 4.74 Å². The Kier molecular flexibility index (Phi) is 9.12. The molecule has 0 aromatic heterocycles. The van der Waals surface area contributed by atoms with Crippen molar-refractivity contribution in [2.75, 3.05) is 25.2 Å². The molecular weight excluding hydrogens is 240 g/mol. The molecule has 3 N–H and O–H groups in total. The van der Waals surface area contributed by atoms with Crippen LogP contribution in [0.25, 0.3) is 0 Å². The van der Waals surface area contributed by atoms with Crippen LogP contribution in [0.15, 0.2) is 0 Å². The lowest BCUT2D eigenvalue weighted by Gasteiger charge is -2.15. The quantitative estimate of drug-likeness (QED) is 0.419. The minimum Gasteiger partial charge on any atom is -0.394 e. The van der Waals surface area contributed by atoms with E-state index in [1.165, 1.54) is 0 Å². The van der Waals surface area contributed by atoms with Crippen molar-refractivity contribution < 1.29 is 20.1 Å². The van der Waals surface area contributed by atoms with Crippen LogP contribution in [0, 0.1) is 0 Å². The minimum absolute atomic E-state index is 0.0734. The largest absolute Gasteiger partial charge is 0.394 e. The Hall–Kier alpha value is 0.320. The van der Waals surface area contributed by atoms with Gasteiger partial charge in [0.25, 0.3) is 0 Å². The van der Waals surface area contributed by atoms with Crippen molar-refractivity contribution in [1.82, 2.24) is 0 Å². The molecule has 0 spiro atoms. The Morgan fingerprint density at radius 3 is 2.38 bits per heavy atom. The van der Waals surface area contributed by atoms with Crippen molar-refractivity contribution in [1.29, 1.82) is 0 Å². The third-order valence-electron chi connectivity index (χ3n) is 1.59. The van der Waals surface area contributed by atoms with E-state index in [-0.39, 0.29) is 6.61 Å². The van der Waals surface area contributed by atoms with E-state index in [9.17, 15) is 0 Å². The number of ether oxygens (including phenoxy) is 1. The van der Waals surface area contributed by atoms with Crippen LogP contribution in [0.2, 0.25) is 0 Å². The minimum atomic E-state index is -1.10. The second-order valence-electron chi connectivity index (χ2n) is 2.79. The molecule has 0 saturated heterocycles. The van der Waals surface area contributed by atoms with E-state index in [2.05, 4.69) is 15.9 Å². The van der Waals surface area contributed by atoms with Crippen LogP contribution in [-0.4, -0.2) is 52.7 Å². The highest BCUT2D eigenvalue weighted by Crippen LogP contribution is 1.97. The molecule has 13 heavy (non-hydrogen) atoms. The fourth-order valence-electron chi connectivity index (χ4n) is 0.735. The normalized spacial score (nSPS) is 15.7. The molecule has 0 aromatic rings. The lowest BCUT2D eigenvalue weighted by atomic mass is 10.2. The first-order valence-electron chi connectivity index (χ1n) is 4.33. The van der Waals surface area contributed by atoms with Gasteiger partial charge in [-0.05, 0) is 12.8 Å². The highest BCUT2D eigenvalue weighted by Gasteiger charge is 2.14. The molecule has 0 aliphatic heterocycles. The zero-order valence-electron chi connectivity index (χ0n) is 7.53. The van der Waals surface area contributed by atoms with Crippen LogP contribution >= 0.6 is 15.9 Å². The van der Waals surface area contributed by atoms with Gasteiger partial charge in [-0.15, -0.1) is 0 Å². The zero-order chi connectivity index (χ0) is 10.1. The zero-order valence-corrected chi connectivity index (χ0v) is 9.11. The first kappa shape index (κ1) is 13.3. The van der Waals surface area contributed by atoms with Crippen molar-refractivity contribution in [3.63, 3.8) is 0 Å². The summed E-state index contributed by atoms with van der Waals surface area (Å²) < 4.78 is 5.08. The summed E-state index contributed by atoms with van der Waals surface area (Å²) in [7, 11) is 0. The molecule has 5 heteroatoms. The summed E-state index contributed by atoms with van der Waals surface area (Å²) >= 11 is 3.29. The van der Waals surface area contributed by atoms with Crippen LogP contribution in [0.4, 0.5) is 0 Å². The second-order valence-corrected chi connectivity index (χ2v) is 3.58. The monoisotopic (exact) mass is 256 g/mol. The van der Waals surface area contributed by atoms with Crippen LogP contribution in [0.3, 0.4) is 0 Å². The van der Waals surface area contributed by atoms with E-state index in [0.29, 0.717) is 6.61 Å². The number of rotatable bonds is 8. The fourth-order valence-corrected chi connectivity index (χ4v) is 1.13. The summed E-state index contributed by atoms with van der Waals surface area (Å²) in [6.07, 6.45) is -0.142. The van der Waals surface area contributed by atoms with Crippen molar-refractivity contribution >= 4 is 15.9 Å². The molecule has 0 fully saturated rings. The van der Waals surface area contributed by atoms with E-state index >= 15 is 0 Å². The first-order chi connectivity index (χ1) is 6.22. The summed E-state index contributed by atoms with van der Waals surface area (Å²) in [5.41, 5.74) is 0. The lowest BCUT2D eigenvalue weighted by molar-refractivity contribution is -0.0569. The Morgan fingerprint density at radius 1 is 1.15 bits per heavy atom. The van der Waals surface area contributed by atoms with Gasteiger partial charge in [-0.1, -0.05) is 15.9 Å². The number of aliphatic hydroxyl groups excluding tert-OH is 3. The first-order valence-corrected chi connectivity index (χ1v) is 5.45. The fraction of sp³-hybridized carbons (Fsp3) is 1.00. The predicted molar refractivity (Wildman–Crippen MR) is 52.9 cm³/mol. The Balaban J connectivity index is 3.21. The van der Waals surface area contributed by atoms with Gasteiger partial charge in [-0.25, -0.2) is 0 Å². The summed E-state index contributed by atoms with van der Waals surface area (Å²) in [4.78, 5) is 0. The number of aliphatic hydroxyl groups is 3. The molecule has 2 atom stereocenters.